The van der Waals surface area contributed by atoms with Crippen LogP contribution in [0.25, 0.3) is 0 Å². The minimum Gasteiger partial charge on any atom is -0.486 e. The number of hydrogen-bond donors (Lipinski definition) is 2. The Bertz CT molecular complexity index is 662. The van der Waals surface area contributed by atoms with E-state index in [2.05, 4.69) is 0 Å². The van der Waals surface area contributed by atoms with E-state index in [0.717, 1.165) is 0 Å². The molecule has 4 N–H and O–H groups in total. The average molecular weight is 295 g/mol. The van der Waals surface area contributed by atoms with Crippen LogP contribution in [-0.4, -0.2) is 5.91 Å². The largest absolute Gasteiger partial charge is 0.486 e. The van der Waals surface area contributed by atoms with Gasteiger partial charge in [0.05, 0.1) is 11.3 Å². The molecule has 0 aliphatic heterocycles. The van der Waals surface area contributed by atoms with Gasteiger partial charge in [0.2, 0.25) is 0 Å². The third kappa shape index (κ3) is 3.00. The number of rotatable bonds is 4. The molecule has 0 bridgehead atoms. The first-order valence-corrected chi connectivity index (χ1v) is 6.12. The Morgan fingerprint density at radius 3 is 2.70 bits per heavy atom. The van der Waals surface area contributed by atoms with Crippen molar-refractivity contribution in [1.82, 2.24) is 0 Å². The predicted molar refractivity (Wildman–Crippen MR) is 75.1 cm³/mol. The summed E-state index contributed by atoms with van der Waals surface area (Å²) in [6.45, 7) is -0.0858. The van der Waals surface area contributed by atoms with E-state index in [0.29, 0.717) is 10.6 Å². The molecule has 2 aromatic rings. The lowest BCUT2D eigenvalue weighted by atomic mass is 10.1. The van der Waals surface area contributed by atoms with E-state index >= 15 is 0 Å². The number of anilines is 1. The van der Waals surface area contributed by atoms with Gasteiger partial charge in [0.25, 0.3) is 5.91 Å². The van der Waals surface area contributed by atoms with E-state index in [1.54, 1.807) is 18.2 Å². The van der Waals surface area contributed by atoms with Gasteiger partial charge in [-0.2, -0.15) is 0 Å². The van der Waals surface area contributed by atoms with Crippen molar-refractivity contribution in [2.45, 2.75) is 6.61 Å². The van der Waals surface area contributed by atoms with Gasteiger partial charge >= 0.3 is 0 Å². The van der Waals surface area contributed by atoms with Crippen LogP contribution >= 0.6 is 11.6 Å². The van der Waals surface area contributed by atoms with Crippen LogP contribution in [0, 0.1) is 5.82 Å². The third-order valence-electron chi connectivity index (χ3n) is 2.70. The lowest BCUT2D eigenvalue weighted by molar-refractivity contribution is 0.0996. The number of primary amides is 1. The average Bonchev–Trinajstić information content (AvgIpc) is 2.38. The molecule has 0 aliphatic rings. The molecule has 6 heteroatoms. The number of carbonyl (C=O) groups is 1. The van der Waals surface area contributed by atoms with Gasteiger partial charge in [-0.05, 0) is 24.3 Å². The first kappa shape index (κ1) is 14.1. The molecule has 0 atom stereocenters. The Morgan fingerprint density at radius 2 is 2.05 bits per heavy atom. The molecule has 4 nitrogen and oxygen atoms in total. The van der Waals surface area contributed by atoms with Gasteiger partial charge < -0.3 is 16.2 Å². The summed E-state index contributed by atoms with van der Waals surface area (Å²) < 4.78 is 19.1. The highest BCUT2D eigenvalue weighted by atomic mass is 35.5. The van der Waals surface area contributed by atoms with Crippen molar-refractivity contribution in [3.63, 3.8) is 0 Å². The molecule has 1 amide bonds. The quantitative estimate of drug-likeness (QED) is 0.851. The van der Waals surface area contributed by atoms with Crippen LogP contribution in [0.15, 0.2) is 36.4 Å². The molecule has 0 unspecified atom stereocenters. The minimum atomic E-state index is -0.663. The summed E-state index contributed by atoms with van der Waals surface area (Å²) in [6, 6.07) is 8.88. The second kappa shape index (κ2) is 5.79. The van der Waals surface area contributed by atoms with Crippen molar-refractivity contribution in [2.75, 3.05) is 5.73 Å². The number of benzene rings is 2. The van der Waals surface area contributed by atoms with E-state index in [9.17, 15) is 9.18 Å². The smallest absolute Gasteiger partial charge is 0.252 e. The fourth-order valence-corrected chi connectivity index (χ4v) is 1.86. The van der Waals surface area contributed by atoms with E-state index in [1.165, 1.54) is 18.2 Å². The highest BCUT2D eigenvalue weighted by molar-refractivity contribution is 6.30. The Labute approximate surface area is 120 Å². The molecule has 0 spiro atoms. The highest BCUT2D eigenvalue weighted by Crippen LogP contribution is 2.27. The summed E-state index contributed by atoms with van der Waals surface area (Å²) in [5.41, 5.74) is 11.7. The molecule has 0 aliphatic carbocycles. The van der Waals surface area contributed by atoms with Crippen LogP contribution in [0.3, 0.4) is 0 Å². The van der Waals surface area contributed by atoms with Gasteiger partial charge in [-0.25, -0.2) is 4.39 Å². The van der Waals surface area contributed by atoms with Gasteiger partial charge in [-0.15, -0.1) is 0 Å². The van der Waals surface area contributed by atoms with Crippen LogP contribution in [0.5, 0.6) is 5.75 Å². The fraction of sp³-hybridized carbons (Fsp3) is 0.0714. The maximum Gasteiger partial charge on any atom is 0.252 e. The van der Waals surface area contributed by atoms with Gasteiger partial charge in [-0.3, -0.25) is 4.79 Å². The molecule has 0 saturated heterocycles. The molecule has 2 aromatic carbocycles. The van der Waals surface area contributed by atoms with E-state index in [4.69, 9.17) is 27.8 Å². The van der Waals surface area contributed by atoms with Crippen LogP contribution in [0.4, 0.5) is 10.1 Å². The maximum absolute atomic E-state index is 13.6. The van der Waals surface area contributed by atoms with E-state index in [-0.39, 0.29) is 23.6 Å². The third-order valence-corrected chi connectivity index (χ3v) is 2.93. The number of halogens is 2. The van der Waals surface area contributed by atoms with Crippen molar-refractivity contribution in [1.29, 1.82) is 0 Å². The Balaban J connectivity index is 2.25. The van der Waals surface area contributed by atoms with Crippen molar-refractivity contribution in [2.24, 2.45) is 5.73 Å². The fourth-order valence-electron chi connectivity index (χ4n) is 1.70. The number of amides is 1. The Morgan fingerprint density at radius 1 is 1.30 bits per heavy atom. The summed E-state index contributed by atoms with van der Waals surface area (Å²) >= 11 is 5.66. The molecule has 0 aromatic heterocycles. The number of para-hydroxylation sites is 1. The van der Waals surface area contributed by atoms with Gasteiger partial charge in [-0.1, -0.05) is 23.7 Å². The SMILES string of the molecule is NC(=O)c1cccc(N)c1OCc1ccc(Cl)cc1F. The van der Waals surface area contributed by atoms with Gasteiger partial charge in [0.1, 0.15) is 12.4 Å². The second-order valence-electron chi connectivity index (χ2n) is 4.11. The summed E-state index contributed by atoms with van der Waals surface area (Å²) in [6.07, 6.45) is 0. The summed E-state index contributed by atoms with van der Waals surface area (Å²) in [7, 11) is 0. The number of nitrogens with two attached hydrogens (primary N) is 2. The topological polar surface area (TPSA) is 78.3 Å². The van der Waals surface area contributed by atoms with E-state index < -0.39 is 11.7 Å². The second-order valence-corrected chi connectivity index (χ2v) is 4.55. The van der Waals surface area contributed by atoms with E-state index in [1.807, 2.05) is 0 Å². The zero-order valence-corrected chi connectivity index (χ0v) is 11.2. The molecular weight excluding hydrogens is 283 g/mol. The molecule has 0 heterocycles. The standard InChI is InChI=1S/C14H12ClFN2O2/c15-9-5-4-8(11(16)6-9)7-20-13-10(14(18)19)2-1-3-12(13)17/h1-6H,7,17H2,(H2,18,19). The number of nitrogen functional groups attached to an aromatic ring is 1. The number of carbonyl (C=O) groups excluding carboxylic acids is 1. The Hall–Kier alpha value is -2.27. The van der Waals surface area contributed by atoms with Crippen molar-refractivity contribution < 1.29 is 13.9 Å². The highest BCUT2D eigenvalue weighted by Gasteiger charge is 2.13. The van der Waals surface area contributed by atoms with Crippen LogP contribution in [0.1, 0.15) is 15.9 Å². The van der Waals surface area contributed by atoms with Crippen molar-refractivity contribution >= 4 is 23.2 Å². The minimum absolute atomic E-state index is 0.0858. The van der Waals surface area contributed by atoms with Crippen LogP contribution in [0.2, 0.25) is 5.02 Å². The molecular formula is C14H12ClFN2O2. The van der Waals surface area contributed by atoms with Crippen LogP contribution < -0.4 is 16.2 Å². The number of ether oxygens (including phenoxy) is 1. The van der Waals surface area contributed by atoms with Gasteiger partial charge in [0, 0.05) is 10.6 Å². The maximum atomic E-state index is 13.6. The summed E-state index contributed by atoms with van der Waals surface area (Å²) in [4.78, 5) is 11.3. The zero-order chi connectivity index (χ0) is 14.7. The monoisotopic (exact) mass is 294 g/mol. The molecule has 20 heavy (non-hydrogen) atoms. The molecule has 2 rings (SSSR count). The summed E-state index contributed by atoms with van der Waals surface area (Å²) in [5.74, 6) is -1.01. The molecule has 0 radical (unpaired) electrons. The Kier molecular flexibility index (Phi) is 4.10. The lowest BCUT2D eigenvalue weighted by Gasteiger charge is -2.12. The first-order valence-electron chi connectivity index (χ1n) is 5.74. The normalized spacial score (nSPS) is 10.3. The van der Waals surface area contributed by atoms with Gasteiger partial charge in [0.15, 0.2) is 5.75 Å². The summed E-state index contributed by atoms with van der Waals surface area (Å²) in [5, 5.41) is 0.295. The zero-order valence-electron chi connectivity index (χ0n) is 10.4. The molecule has 0 fully saturated rings. The lowest BCUT2D eigenvalue weighted by Crippen LogP contribution is -2.14. The number of hydrogen-bond acceptors (Lipinski definition) is 3. The molecule has 0 saturated carbocycles. The predicted octanol–water partition coefficient (Wildman–Crippen LogP) is 2.74. The first-order chi connectivity index (χ1) is 9.49. The van der Waals surface area contributed by atoms with Crippen LogP contribution in [-0.2, 0) is 6.61 Å². The molecule has 104 valence electrons. The van der Waals surface area contributed by atoms with Crippen molar-refractivity contribution in [3.05, 3.63) is 58.4 Å². The van der Waals surface area contributed by atoms with Crippen molar-refractivity contribution in [3.8, 4) is 5.75 Å².